The summed E-state index contributed by atoms with van der Waals surface area (Å²) in [5.41, 5.74) is 3.01. The maximum Gasteiger partial charge on any atom is 0.0912 e. The van der Waals surface area contributed by atoms with Crippen LogP contribution in [-0.4, -0.2) is 0 Å². The first-order valence-electron chi connectivity index (χ1n) is 12.3. The van der Waals surface area contributed by atoms with Crippen LogP contribution in [0.5, 0.6) is 0 Å². The van der Waals surface area contributed by atoms with Gasteiger partial charge in [0.15, 0.2) is 0 Å². The lowest BCUT2D eigenvalue weighted by molar-refractivity contribution is 0.295. The third-order valence-corrected chi connectivity index (χ3v) is 7.34. The van der Waals surface area contributed by atoms with Crippen LogP contribution in [0.4, 0.5) is 0 Å². The van der Waals surface area contributed by atoms with Crippen molar-refractivity contribution in [2.45, 2.75) is 83.5 Å². The minimum Gasteiger partial charge on any atom is -0.193 e. The molecule has 0 unspecified atom stereocenters. The molecule has 0 saturated heterocycles. The average Bonchev–Trinajstić information content (AvgIpc) is 2.81. The fourth-order valence-electron chi connectivity index (χ4n) is 5.26. The Bertz CT molecular complexity index is 730. The Morgan fingerprint density at radius 2 is 1.50 bits per heavy atom. The molecule has 160 valence electrons. The fraction of sp³-hybridized carbons (Fsp3) is 0.552. The number of benzene rings is 1. The summed E-state index contributed by atoms with van der Waals surface area (Å²) in [6, 6.07) is 11.4. The molecule has 2 aliphatic rings. The molecule has 1 aromatic rings. The SMILES string of the molecule is CCc1ccc(C2CCC(C=CC3CCC(CCC=CC=CC#N)CC3)CC2)cc1. The van der Waals surface area contributed by atoms with Crippen LogP contribution in [0.1, 0.15) is 88.2 Å². The second kappa shape index (κ2) is 12.6. The highest BCUT2D eigenvalue weighted by molar-refractivity contribution is 5.26. The van der Waals surface area contributed by atoms with Crippen molar-refractivity contribution in [3.63, 3.8) is 0 Å². The Kier molecular flexibility index (Phi) is 9.49. The van der Waals surface area contributed by atoms with E-state index in [2.05, 4.69) is 49.4 Å². The highest BCUT2D eigenvalue weighted by atomic mass is 14.3. The summed E-state index contributed by atoms with van der Waals surface area (Å²) in [5, 5.41) is 8.48. The van der Waals surface area contributed by atoms with E-state index in [0.717, 1.165) is 36.5 Å². The number of hydrogen-bond acceptors (Lipinski definition) is 1. The Morgan fingerprint density at radius 3 is 2.10 bits per heavy atom. The van der Waals surface area contributed by atoms with Gasteiger partial charge in [0.1, 0.15) is 0 Å². The summed E-state index contributed by atoms with van der Waals surface area (Å²) >= 11 is 0. The van der Waals surface area contributed by atoms with Gasteiger partial charge in [0.05, 0.1) is 6.07 Å². The van der Waals surface area contributed by atoms with Gasteiger partial charge < -0.3 is 0 Å². The van der Waals surface area contributed by atoms with Crippen LogP contribution in [0.15, 0.2) is 60.7 Å². The van der Waals surface area contributed by atoms with Crippen molar-refractivity contribution in [1.82, 2.24) is 0 Å². The summed E-state index contributed by atoms with van der Waals surface area (Å²) in [7, 11) is 0. The van der Waals surface area contributed by atoms with Crippen molar-refractivity contribution in [2.75, 3.05) is 0 Å². The first kappa shape index (κ1) is 22.6. The monoisotopic (exact) mass is 401 g/mol. The van der Waals surface area contributed by atoms with E-state index >= 15 is 0 Å². The van der Waals surface area contributed by atoms with Gasteiger partial charge in [0.25, 0.3) is 0 Å². The molecule has 2 fully saturated rings. The van der Waals surface area contributed by atoms with Gasteiger partial charge in [0, 0.05) is 6.08 Å². The molecule has 1 aromatic carbocycles. The fourth-order valence-corrected chi connectivity index (χ4v) is 5.26. The molecular formula is C29H39N. The maximum absolute atomic E-state index is 8.48. The molecule has 0 amide bonds. The molecular weight excluding hydrogens is 362 g/mol. The van der Waals surface area contributed by atoms with Crippen LogP contribution in [-0.2, 0) is 6.42 Å². The molecule has 0 aromatic heterocycles. The number of rotatable bonds is 8. The highest BCUT2D eigenvalue weighted by Crippen LogP contribution is 2.37. The van der Waals surface area contributed by atoms with E-state index in [1.807, 2.05) is 18.2 Å². The van der Waals surface area contributed by atoms with Crippen LogP contribution in [0.25, 0.3) is 0 Å². The molecule has 0 bridgehead atoms. The first-order chi connectivity index (χ1) is 14.8. The molecule has 3 rings (SSSR count). The number of hydrogen-bond donors (Lipinski definition) is 0. The third kappa shape index (κ3) is 7.32. The summed E-state index contributed by atoms with van der Waals surface area (Å²) in [5.74, 6) is 3.30. The van der Waals surface area contributed by atoms with Crippen LogP contribution in [0.3, 0.4) is 0 Å². The molecule has 30 heavy (non-hydrogen) atoms. The Morgan fingerprint density at radius 1 is 0.867 bits per heavy atom. The number of aryl methyl sites for hydroxylation is 1. The molecule has 0 heterocycles. The summed E-state index contributed by atoms with van der Waals surface area (Å²) < 4.78 is 0. The quantitative estimate of drug-likeness (QED) is 0.244. The topological polar surface area (TPSA) is 23.8 Å². The molecule has 0 aliphatic heterocycles. The zero-order valence-corrected chi connectivity index (χ0v) is 18.8. The molecule has 1 heteroatoms. The standard InChI is InChI=1S/C29H39N/c1-2-24-15-19-28(20-16-24)29-21-17-27(18-22-29)14-13-26-11-9-25(10-12-26)8-6-4-3-5-7-23-30/h3-5,7,13-16,19-20,25-27,29H,2,6,8-12,17-18,21-22H2,1H3. The summed E-state index contributed by atoms with van der Waals surface area (Å²) in [6.07, 6.45) is 27.2. The van der Waals surface area contributed by atoms with E-state index in [4.69, 9.17) is 5.26 Å². The minimum absolute atomic E-state index is 0.778. The van der Waals surface area contributed by atoms with Crippen molar-refractivity contribution < 1.29 is 0 Å². The Labute approximate surface area is 184 Å². The average molecular weight is 402 g/mol. The lowest BCUT2D eigenvalue weighted by atomic mass is 9.77. The number of allylic oxidation sites excluding steroid dienone is 6. The van der Waals surface area contributed by atoms with Gasteiger partial charge >= 0.3 is 0 Å². The molecule has 0 spiro atoms. The molecule has 0 atom stereocenters. The minimum atomic E-state index is 0.778. The summed E-state index contributed by atoms with van der Waals surface area (Å²) in [6.45, 7) is 2.23. The zero-order chi connectivity index (χ0) is 21.0. The second-order valence-corrected chi connectivity index (χ2v) is 9.37. The normalized spacial score (nSPS) is 27.7. The van der Waals surface area contributed by atoms with E-state index in [9.17, 15) is 0 Å². The lowest BCUT2D eigenvalue weighted by Gasteiger charge is -2.29. The van der Waals surface area contributed by atoms with Crippen LogP contribution >= 0.6 is 0 Å². The largest absolute Gasteiger partial charge is 0.193 e. The van der Waals surface area contributed by atoms with Gasteiger partial charge in [-0.2, -0.15) is 5.26 Å². The summed E-state index contributed by atoms with van der Waals surface area (Å²) in [4.78, 5) is 0. The Hall–Kier alpha value is -2.07. The van der Waals surface area contributed by atoms with Crippen molar-refractivity contribution >= 4 is 0 Å². The van der Waals surface area contributed by atoms with Crippen molar-refractivity contribution in [3.8, 4) is 6.07 Å². The van der Waals surface area contributed by atoms with E-state index < -0.39 is 0 Å². The molecule has 2 aliphatic carbocycles. The molecule has 1 nitrogen and oxygen atoms in total. The van der Waals surface area contributed by atoms with E-state index in [-0.39, 0.29) is 0 Å². The predicted octanol–water partition coefficient (Wildman–Crippen LogP) is 8.30. The van der Waals surface area contributed by atoms with Crippen molar-refractivity contribution in [1.29, 1.82) is 5.26 Å². The molecule has 2 saturated carbocycles. The third-order valence-electron chi connectivity index (χ3n) is 7.34. The van der Waals surface area contributed by atoms with Crippen molar-refractivity contribution in [3.05, 3.63) is 71.8 Å². The number of nitrogens with zero attached hydrogens (tertiary/aromatic N) is 1. The van der Waals surface area contributed by atoms with Gasteiger partial charge in [0.2, 0.25) is 0 Å². The number of nitriles is 1. The van der Waals surface area contributed by atoms with Gasteiger partial charge in [-0.25, -0.2) is 0 Å². The van der Waals surface area contributed by atoms with E-state index in [1.54, 1.807) is 5.56 Å². The van der Waals surface area contributed by atoms with Crippen LogP contribution < -0.4 is 0 Å². The first-order valence-corrected chi connectivity index (χ1v) is 12.3. The predicted molar refractivity (Wildman–Crippen MR) is 128 cm³/mol. The van der Waals surface area contributed by atoms with Gasteiger partial charge in [-0.05, 0) is 105 Å². The maximum atomic E-state index is 8.48. The van der Waals surface area contributed by atoms with E-state index in [1.165, 1.54) is 69.4 Å². The van der Waals surface area contributed by atoms with Gasteiger partial charge in [-0.3, -0.25) is 0 Å². The zero-order valence-electron chi connectivity index (χ0n) is 18.8. The van der Waals surface area contributed by atoms with E-state index in [0.29, 0.717) is 0 Å². The highest BCUT2D eigenvalue weighted by Gasteiger charge is 2.22. The molecule has 0 N–H and O–H groups in total. The smallest absolute Gasteiger partial charge is 0.0912 e. The van der Waals surface area contributed by atoms with Crippen LogP contribution in [0.2, 0.25) is 0 Å². The second-order valence-electron chi connectivity index (χ2n) is 9.37. The van der Waals surface area contributed by atoms with Crippen LogP contribution in [0, 0.1) is 29.1 Å². The molecule has 0 radical (unpaired) electrons. The lowest BCUT2D eigenvalue weighted by Crippen LogP contribution is -2.14. The van der Waals surface area contributed by atoms with Crippen molar-refractivity contribution in [2.24, 2.45) is 17.8 Å². The Balaban J connectivity index is 1.33. The van der Waals surface area contributed by atoms with Gasteiger partial charge in [-0.15, -0.1) is 0 Å². The van der Waals surface area contributed by atoms with Gasteiger partial charge in [-0.1, -0.05) is 61.6 Å².